The van der Waals surface area contributed by atoms with E-state index in [2.05, 4.69) is 5.32 Å². The normalized spacial score (nSPS) is 11.7. The molecule has 0 spiro atoms. The van der Waals surface area contributed by atoms with Crippen molar-refractivity contribution in [3.8, 4) is 5.75 Å². The lowest BCUT2D eigenvalue weighted by atomic mass is 9.97. The molecule has 6 heteroatoms. The summed E-state index contributed by atoms with van der Waals surface area (Å²) in [5.41, 5.74) is 2.98. The molecule has 2 aromatic carbocycles. The topological polar surface area (TPSA) is 75.6 Å². The van der Waals surface area contributed by atoms with Crippen molar-refractivity contribution < 1.29 is 23.8 Å². The van der Waals surface area contributed by atoms with Gasteiger partial charge in [-0.15, -0.1) is 0 Å². The molecule has 2 aromatic rings. The maximum absolute atomic E-state index is 13.7. The van der Waals surface area contributed by atoms with E-state index in [9.17, 15) is 19.1 Å². The first-order chi connectivity index (χ1) is 12.3. The van der Waals surface area contributed by atoms with Crippen molar-refractivity contribution in [2.75, 3.05) is 7.11 Å². The second-order valence-electron chi connectivity index (χ2n) is 6.10. The molecule has 2 N–H and O–H groups in total. The number of methoxy groups -OCH3 is 1. The van der Waals surface area contributed by atoms with Gasteiger partial charge in [0.25, 0.3) is 0 Å². The van der Waals surface area contributed by atoms with Gasteiger partial charge in [-0.1, -0.05) is 24.3 Å². The fourth-order valence-corrected chi connectivity index (χ4v) is 2.72. The van der Waals surface area contributed by atoms with Crippen molar-refractivity contribution >= 4 is 11.9 Å². The van der Waals surface area contributed by atoms with Crippen LogP contribution in [0.25, 0.3) is 0 Å². The second kappa shape index (κ2) is 8.47. The van der Waals surface area contributed by atoms with Crippen LogP contribution in [0.2, 0.25) is 0 Å². The summed E-state index contributed by atoms with van der Waals surface area (Å²) in [6, 6.07) is 8.71. The number of carbonyl (C=O) groups excluding carboxylic acids is 1. The smallest absolute Gasteiger partial charge is 0.330 e. The van der Waals surface area contributed by atoms with Crippen LogP contribution in [0.15, 0.2) is 36.4 Å². The van der Waals surface area contributed by atoms with E-state index in [4.69, 9.17) is 4.74 Å². The molecule has 1 amide bonds. The van der Waals surface area contributed by atoms with Crippen LogP contribution in [0.1, 0.15) is 34.7 Å². The Morgan fingerprint density at radius 3 is 2.58 bits per heavy atom. The van der Waals surface area contributed by atoms with Gasteiger partial charge in [-0.25, -0.2) is 9.18 Å². The summed E-state index contributed by atoms with van der Waals surface area (Å²) in [5, 5.41) is 12.0. The fraction of sp³-hybridized carbons (Fsp3) is 0.300. The highest BCUT2D eigenvalue weighted by atomic mass is 19.1. The number of hydrogen-bond acceptors (Lipinski definition) is 3. The SMILES string of the molecule is COc1ccc(CCC(=O)NC(C(=O)O)c2cccc(C)c2C)cc1F. The molecule has 2 rings (SSSR count). The van der Waals surface area contributed by atoms with Gasteiger partial charge in [0.1, 0.15) is 0 Å². The summed E-state index contributed by atoms with van der Waals surface area (Å²) in [6.45, 7) is 3.71. The number of rotatable bonds is 7. The van der Waals surface area contributed by atoms with Crippen LogP contribution in [0.4, 0.5) is 4.39 Å². The van der Waals surface area contributed by atoms with Gasteiger partial charge >= 0.3 is 5.97 Å². The number of nitrogens with one attached hydrogen (secondary N) is 1. The molecule has 0 saturated heterocycles. The second-order valence-corrected chi connectivity index (χ2v) is 6.10. The van der Waals surface area contributed by atoms with Crippen LogP contribution in [-0.4, -0.2) is 24.1 Å². The summed E-state index contributed by atoms with van der Waals surface area (Å²) < 4.78 is 18.5. The van der Waals surface area contributed by atoms with E-state index in [-0.39, 0.29) is 12.2 Å². The average molecular weight is 359 g/mol. The van der Waals surface area contributed by atoms with Crippen molar-refractivity contribution in [2.24, 2.45) is 0 Å². The van der Waals surface area contributed by atoms with E-state index >= 15 is 0 Å². The Labute approximate surface area is 151 Å². The van der Waals surface area contributed by atoms with Gasteiger partial charge in [-0.05, 0) is 54.7 Å². The van der Waals surface area contributed by atoms with Crippen LogP contribution in [0.3, 0.4) is 0 Å². The van der Waals surface area contributed by atoms with E-state index in [1.54, 1.807) is 18.2 Å². The third kappa shape index (κ3) is 4.59. The third-order valence-corrected chi connectivity index (χ3v) is 4.37. The molecule has 0 aromatic heterocycles. The van der Waals surface area contributed by atoms with Crippen molar-refractivity contribution in [1.29, 1.82) is 0 Å². The largest absolute Gasteiger partial charge is 0.494 e. The molecule has 0 heterocycles. The molecule has 26 heavy (non-hydrogen) atoms. The van der Waals surface area contributed by atoms with E-state index in [1.807, 2.05) is 19.9 Å². The summed E-state index contributed by atoms with van der Waals surface area (Å²) >= 11 is 0. The molecule has 0 aliphatic carbocycles. The molecule has 0 aliphatic heterocycles. The average Bonchev–Trinajstić information content (AvgIpc) is 2.60. The quantitative estimate of drug-likeness (QED) is 0.795. The highest BCUT2D eigenvalue weighted by Gasteiger charge is 2.24. The molecule has 138 valence electrons. The number of halogens is 1. The van der Waals surface area contributed by atoms with Crippen molar-refractivity contribution in [3.05, 3.63) is 64.5 Å². The molecule has 1 unspecified atom stereocenters. The summed E-state index contributed by atoms with van der Waals surface area (Å²) in [6.07, 6.45) is 0.353. The maximum Gasteiger partial charge on any atom is 0.330 e. The summed E-state index contributed by atoms with van der Waals surface area (Å²) in [7, 11) is 1.38. The van der Waals surface area contributed by atoms with Crippen LogP contribution in [-0.2, 0) is 16.0 Å². The van der Waals surface area contributed by atoms with Crippen LogP contribution in [0.5, 0.6) is 5.75 Å². The summed E-state index contributed by atoms with van der Waals surface area (Å²) in [4.78, 5) is 23.8. The number of ether oxygens (including phenoxy) is 1. The van der Waals surface area contributed by atoms with Gasteiger partial charge in [0.2, 0.25) is 5.91 Å². The molecule has 0 aliphatic rings. The zero-order valence-electron chi connectivity index (χ0n) is 15.0. The Bertz CT molecular complexity index is 819. The number of benzene rings is 2. The standard InChI is InChI=1S/C20H22FNO4/c1-12-5-4-6-15(13(12)2)19(20(24)25)22-18(23)10-8-14-7-9-17(26-3)16(21)11-14/h4-7,9,11,19H,8,10H2,1-3H3,(H,22,23)(H,24,25). The predicted molar refractivity (Wildman–Crippen MR) is 95.7 cm³/mol. The minimum absolute atomic E-state index is 0.0560. The van der Waals surface area contributed by atoms with Crippen LogP contribution >= 0.6 is 0 Å². The van der Waals surface area contributed by atoms with Gasteiger partial charge in [0, 0.05) is 6.42 Å². The molecule has 1 atom stereocenters. The van der Waals surface area contributed by atoms with Gasteiger partial charge < -0.3 is 15.2 Å². The lowest BCUT2D eigenvalue weighted by Gasteiger charge is -2.18. The van der Waals surface area contributed by atoms with Gasteiger partial charge in [0.15, 0.2) is 17.6 Å². The molecular weight excluding hydrogens is 337 g/mol. The lowest BCUT2D eigenvalue weighted by Crippen LogP contribution is -2.34. The maximum atomic E-state index is 13.7. The first kappa shape index (κ1) is 19.4. The lowest BCUT2D eigenvalue weighted by molar-refractivity contribution is -0.142. The third-order valence-electron chi connectivity index (χ3n) is 4.37. The Kier molecular flexibility index (Phi) is 6.33. The number of aliphatic carboxylic acids is 1. The first-order valence-corrected chi connectivity index (χ1v) is 8.24. The van der Waals surface area contributed by atoms with Crippen LogP contribution in [0, 0.1) is 19.7 Å². The molecule has 0 bridgehead atoms. The van der Waals surface area contributed by atoms with Crippen LogP contribution < -0.4 is 10.1 Å². The zero-order valence-corrected chi connectivity index (χ0v) is 15.0. The van der Waals surface area contributed by atoms with E-state index in [0.29, 0.717) is 17.5 Å². The van der Waals surface area contributed by atoms with Crippen molar-refractivity contribution in [2.45, 2.75) is 32.7 Å². The molecule has 5 nitrogen and oxygen atoms in total. The van der Waals surface area contributed by atoms with Crippen molar-refractivity contribution in [1.82, 2.24) is 5.32 Å². The van der Waals surface area contributed by atoms with Gasteiger partial charge in [-0.3, -0.25) is 4.79 Å². The van der Waals surface area contributed by atoms with Gasteiger partial charge in [0.05, 0.1) is 7.11 Å². The van der Waals surface area contributed by atoms with E-state index < -0.39 is 23.7 Å². The molecular formula is C20H22FNO4. The molecule has 0 radical (unpaired) electrons. The number of carbonyl (C=O) groups is 2. The monoisotopic (exact) mass is 359 g/mol. The Morgan fingerprint density at radius 2 is 1.96 bits per heavy atom. The minimum atomic E-state index is -1.12. The number of amides is 1. The zero-order chi connectivity index (χ0) is 19.3. The Balaban J connectivity index is 2.05. The minimum Gasteiger partial charge on any atom is -0.494 e. The van der Waals surface area contributed by atoms with E-state index in [1.165, 1.54) is 19.2 Å². The molecule has 0 saturated carbocycles. The van der Waals surface area contributed by atoms with Gasteiger partial charge in [-0.2, -0.15) is 0 Å². The summed E-state index contributed by atoms with van der Waals surface area (Å²) in [5.74, 6) is -1.89. The number of aryl methyl sites for hydroxylation is 2. The number of hydrogen-bond donors (Lipinski definition) is 2. The first-order valence-electron chi connectivity index (χ1n) is 8.24. The van der Waals surface area contributed by atoms with E-state index in [0.717, 1.165) is 11.1 Å². The Hall–Kier alpha value is -2.89. The van der Waals surface area contributed by atoms with Crippen molar-refractivity contribution in [3.63, 3.8) is 0 Å². The fourth-order valence-electron chi connectivity index (χ4n) is 2.72. The molecule has 0 fully saturated rings. The Morgan fingerprint density at radius 1 is 1.23 bits per heavy atom. The number of carboxylic acids is 1. The number of carboxylic acid groups (broad SMARTS) is 1. The highest BCUT2D eigenvalue weighted by Crippen LogP contribution is 2.22. The predicted octanol–water partition coefficient (Wildman–Crippen LogP) is 3.33. The highest BCUT2D eigenvalue weighted by molar-refractivity contribution is 5.85.